The Morgan fingerprint density at radius 1 is 1.19 bits per heavy atom. The van der Waals surface area contributed by atoms with Crippen LogP contribution in [0.5, 0.6) is 0 Å². The summed E-state index contributed by atoms with van der Waals surface area (Å²) in [5.41, 5.74) is 2.76. The second-order valence-electron chi connectivity index (χ2n) is 5.09. The number of anilines is 1. The summed E-state index contributed by atoms with van der Waals surface area (Å²) >= 11 is 0. The largest absolute Gasteiger partial charge is 0.366 e. The van der Waals surface area contributed by atoms with Crippen LogP contribution in [0.2, 0.25) is 0 Å². The maximum absolute atomic E-state index is 3.65. The number of nitrogens with zero attached hydrogens (tertiary/aromatic N) is 1. The molecule has 1 saturated carbocycles. The molecule has 1 aromatic rings. The Bertz CT molecular complexity index is 358. The van der Waals surface area contributed by atoms with Gasteiger partial charge in [-0.3, -0.25) is 0 Å². The van der Waals surface area contributed by atoms with Crippen LogP contribution < -0.4 is 10.2 Å². The fraction of sp³-hybridized carbons (Fsp3) is 0.571. The van der Waals surface area contributed by atoms with E-state index in [9.17, 15) is 0 Å². The van der Waals surface area contributed by atoms with Crippen molar-refractivity contribution in [1.82, 2.24) is 5.32 Å². The van der Waals surface area contributed by atoms with E-state index >= 15 is 0 Å². The molecule has 2 nitrogen and oxygen atoms in total. The molecule has 16 heavy (non-hydrogen) atoms. The Balaban J connectivity index is 1.85. The molecule has 86 valence electrons. The van der Waals surface area contributed by atoms with E-state index in [0.29, 0.717) is 0 Å². The van der Waals surface area contributed by atoms with Crippen molar-refractivity contribution in [3.8, 4) is 0 Å². The van der Waals surface area contributed by atoms with Crippen LogP contribution in [0.25, 0.3) is 0 Å². The van der Waals surface area contributed by atoms with Crippen LogP contribution in [0.4, 0.5) is 5.69 Å². The van der Waals surface area contributed by atoms with Crippen molar-refractivity contribution >= 4 is 5.69 Å². The van der Waals surface area contributed by atoms with Crippen molar-refractivity contribution in [3.63, 3.8) is 0 Å². The third-order valence-corrected chi connectivity index (χ3v) is 4.00. The van der Waals surface area contributed by atoms with Crippen molar-refractivity contribution in [1.29, 1.82) is 0 Å². The number of nitrogens with one attached hydrogen (secondary N) is 1. The van der Waals surface area contributed by atoms with E-state index < -0.39 is 0 Å². The van der Waals surface area contributed by atoms with Gasteiger partial charge in [0.1, 0.15) is 0 Å². The zero-order valence-corrected chi connectivity index (χ0v) is 9.95. The third kappa shape index (κ3) is 1.71. The molecule has 0 spiro atoms. The quantitative estimate of drug-likeness (QED) is 0.775. The molecule has 0 amide bonds. The predicted octanol–water partition coefficient (Wildman–Crippen LogP) is 2.33. The average Bonchev–Trinajstić information content (AvgIpc) is 2.78. The fourth-order valence-electron chi connectivity index (χ4n) is 3.14. The fourth-order valence-corrected chi connectivity index (χ4v) is 3.14. The minimum atomic E-state index is 0.732. The highest BCUT2D eigenvalue weighted by molar-refractivity contribution is 5.49. The molecule has 3 rings (SSSR count). The zero-order chi connectivity index (χ0) is 11.0. The van der Waals surface area contributed by atoms with Gasteiger partial charge in [0, 0.05) is 30.9 Å². The summed E-state index contributed by atoms with van der Waals surface area (Å²) in [7, 11) is 0. The number of hydrogen-bond donors (Lipinski definition) is 1. The normalized spacial score (nSPS) is 29.2. The lowest BCUT2D eigenvalue weighted by Gasteiger charge is -2.40. The van der Waals surface area contributed by atoms with Gasteiger partial charge in [-0.25, -0.2) is 0 Å². The summed E-state index contributed by atoms with van der Waals surface area (Å²) in [6, 6.07) is 10.5. The van der Waals surface area contributed by atoms with E-state index in [4.69, 9.17) is 0 Å². The number of rotatable bonds is 1. The van der Waals surface area contributed by atoms with Crippen molar-refractivity contribution in [3.05, 3.63) is 29.8 Å². The maximum atomic E-state index is 3.65. The Labute approximate surface area is 97.6 Å². The topological polar surface area (TPSA) is 15.3 Å². The molecule has 1 saturated heterocycles. The van der Waals surface area contributed by atoms with E-state index in [-0.39, 0.29) is 0 Å². The smallest absolute Gasteiger partial charge is 0.0443 e. The first-order valence-electron chi connectivity index (χ1n) is 6.41. The Morgan fingerprint density at radius 3 is 2.81 bits per heavy atom. The van der Waals surface area contributed by atoms with Gasteiger partial charge in [-0.15, -0.1) is 0 Å². The van der Waals surface area contributed by atoms with Crippen molar-refractivity contribution in [2.24, 2.45) is 0 Å². The molecule has 0 aromatic heterocycles. The van der Waals surface area contributed by atoms with Crippen LogP contribution >= 0.6 is 0 Å². The van der Waals surface area contributed by atoms with E-state index in [1.54, 1.807) is 0 Å². The summed E-state index contributed by atoms with van der Waals surface area (Å²) < 4.78 is 0. The molecule has 0 unspecified atom stereocenters. The second kappa shape index (κ2) is 4.10. The van der Waals surface area contributed by atoms with Gasteiger partial charge in [0.2, 0.25) is 0 Å². The van der Waals surface area contributed by atoms with E-state index in [0.717, 1.165) is 25.2 Å². The first kappa shape index (κ1) is 10.2. The van der Waals surface area contributed by atoms with Gasteiger partial charge in [-0.2, -0.15) is 0 Å². The molecule has 1 aliphatic heterocycles. The zero-order valence-electron chi connectivity index (χ0n) is 9.95. The highest BCUT2D eigenvalue weighted by Crippen LogP contribution is 2.30. The lowest BCUT2D eigenvalue weighted by atomic mass is 10.1. The van der Waals surface area contributed by atoms with Gasteiger partial charge in [0.15, 0.2) is 0 Å². The Morgan fingerprint density at radius 2 is 2.00 bits per heavy atom. The van der Waals surface area contributed by atoms with Crippen LogP contribution in [0, 0.1) is 6.92 Å². The monoisotopic (exact) mass is 216 g/mol. The molecule has 2 aliphatic rings. The van der Waals surface area contributed by atoms with Crippen molar-refractivity contribution < 1.29 is 0 Å². The SMILES string of the molecule is Cc1ccc(N2CCN[C@H]3CCC[C@H]32)cc1. The summed E-state index contributed by atoms with van der Waals surface area (Å²) in [6.07, 6.45) is 4.09. The Hall–Kier alpha value is -1.02. The highest BCUT2D eigenvalue weighted by Gasteiger charge is 2.34. The van der Waals surface area contributed by atoms with Crippen LogP contribution in [0.1, 0.15) is 24.8 Å². The Kier molecular flexibility index (Phi) is 2.60. The molecule has 2 atom stereocenters. The molecular weight excluding hydrogens is 196 g/mol. The number of hydrogen-bond acceptors (Lipinski definition) is 2. The maximum Gasteiger partial charge on any atom is 0.0443 e. The van der Waals surface area contributed by atoms with Crippen LogP contribution in [-0.2, 0) is 0 Å². The number of aryl methyl sites for hydroxylation is 1. The predicted molar refractivity (Wildman–Crippen MR) is 68.0 cm³/mol. The van der Waals surface area contributed by atoms with Gasteiger partial charge in [-0.1, -0.05) is 17.7 Å². The molecule has 0 radical (unpaired) electrons. The number of piperazine rings is 1. The van der Waals surface area contributed by atoms with Crippen LogP contribution in [0.15, 0.2) is 24.3 Å². The van der Waals surface area contributed by atoms with E-state index in [1.807, 2.05) is 0 Å². The molecule has 1 heterocycles. The van der Waals surface area contributed by atoms with E-state index in [1.165, 1.54) is 30.5 Å². The van der Waals surface area contributed by atoms with Gasteiger partial charge in [0.25, 0.3) is 0 Å². The second-order valence-corrected chi connectivity index (χ2v) is 5.09. The minimum absolute atomic E-state index is 0.732. The lowest BCUT2D eigenvalue weighted by molar-refractivity contribution is 0.404. The number of fused-ring (bicyclic) bond motifs is 1. The van der Waals surface area contributed by atoms with E-state index in [2.05, 4.69) is 41.4 Å². The van der Waals surface area contributed by atoms with Gasteiger partial charge >= 0.3 is 0 Å². The van der Waals surface area contributed by atoms with Gasteiger partial charge in [0.05, 0.1) is 0 Å². The van der Waals surface area contributed by atoms with Crippen molar-refractivity contribution in [2.75, 3.05) is 18.0 Å². The van der Waals surface area contributed by atoms with Gasteiger partial charge in [-0.05, 0) is 38.3 Å². The molecule has 1 aliphatic carbocycles. The molecule has 1 aromatic carbocycles. The summed E-state index contributed by atoms with van der Waals surface area (Å²) in [5, 5.41) is 3.65. The summed E-state index contributed by atoms with van der Waals surface area (Å²) in [4.78, 5) is 2.60. The molecule has 0 bridgehead atoms. The molecular formula is C14H20N2. The average molecular weight is 216 g/mol. The number of benzene rings is 1. The third-order valence-electron chi connectivity index (χ3n) is 4.00. The minimum Gasteiger partial charge on any atom is -0.366 e. The van der Waals surface area contributed by atoms with Gasteiger partial charge < -0.3 is 10.2 Å². The first-order valence-corrected chi connectivity index (χ1v) is 6.41. The standard InChI is InChI=1S/C14H20N2/c1-11-5-7-12(8-6-11)16-10-9-15-13-3-2-4-14(13)16/h5-8,13-15H,2-4,9-10H2,1H3/t13-,14+/m0/s1. The first-order chi connectivity index (χ1) is 7.84. The lowest BCUT2D eigenvalue weighted by Crippen LogP contribution is -2.55. The molecule has 2 heteroatoms. The molecule has 1 N–H and O–H groups in total. The van der Waals surface area contributed by atoms with Crippen LogP contribution in [0.3, 0.4) is 0 Å². The van der Waals surface area contributed by atoms with Crippen molar-refractivity contribution in [2.45, 2.75) is 38.3 Å². The summed E-state index contributed by atoms with van der Waals surface area (Å²) in [6.45, 7) is 4.44. The summed E-state index contributed by atoms with van der Waals surface area (Å²) in [5.74, 6) is 0. The highest BCUT2D eigenvalue weighted by atomic mass is 15.2. The molecule has 2 fully saturated rings. The van der Waals surface area contributed by atoms with Crippen LogP contribution in [-0.4, -0.2) is 25.2 Å².